The summed E-state index contributed by atoms with van der Waals surface area (Å²) in [5, 5.41) is 16.1. The molecule has 0 bridgehead atoms. The average molecular weight is 333 g/mol. The number of thiazole rings is 1. The number of aryl methyl sites for hydroxylation is 1. The molecule has 1 aromatic carbocycles. The van der Waals surface area contributed by atoms with Crippen LogP contribution in [0.15, 0.2) is 23.6 Å². The molecule has 1 aliphatic rings. The van der Waals surface area contributed by atoms with Crippen molar-refractivity contribution in [1.29, 1.82) is 0 Å². The Kier molecular flexibility index (Phi) is 4.35. The van der Waals surface area contributed by atoms with Gasteiger partial charge >= 0.3 is 0 Å². The number of benzene rings is 1. The van der Waals surface area contributed by atoms with Gasteiger partial charge in [0.2, 0.25) is 5.91 Å². The Balaban J connectivity index is 1.77. The molecule has 0 spiro atoms. The molecule has 3 rings (SSSR count). The minimum Gasteiger partial charge on any atom is -0.381 e. The van der Waals surface area contributed by atoms with E-state index in [1.807, 2.05) is 0 Å². The van der Waals surface area contributed by atoms with Crippen LogP contribution in [0.2, 0.25) is 0 Å². The third-order valence-corrected chi connectivity index (χ3v) is 4.49. The average Bonchev–Trinajstić information content (AvgIpc) is 3.18. The van der Waals surface area contributed by atoms with Gasteiger partial charge in [0, 0.05) is 29.2 Å². The summed E-state index contributed by atoms with van der Waals surface area (Å²) in [7, 11) is 0. The van der Waals surface area contributed by atoms with E-state index in [-0.39, 0.29) is 17.5 Å². The zero-order chi connectivity index (χ0) is 16.4. The summed E-state index contributed by atoms with van der Waals surface area (Å²) in [6.07, 6.45) is 0.716. The summed E-state index contributed by atoms with van der Waals surface area (Å²) in [5.74, 6) is -0.235. The number of carbonyl (C=O) groups is 1. The van der Waals surface area contributed by atoms with Crippen LogP contribution in [0.25, 0.3) is 11.3 Å². The SMILES string of the molecule is Cc1ccc(-c2csc(NC(=O)C3CCOC3)n2)cc1[N+](=O)[O-]. The Labute approximate surface area is 136 Å². The van der Waals surface area contributed by atoms with Crippen LogP contribution in [0.4, 0.5) is 10.8 Å². The topological polar surface area (TPSA) is 94.4 Å². The molecule has 7 nitrogen and oxygen atoms in total. The molecule has 2 aromatic rings. The summed E-state index contributed by atoms with van der Waals surface area (Å²) in [6, 6.07) is 4.98. The third kappa shape index (κ3) is 3.38. The molecule has 1 N–H and O–H groups in total. The lowest BCUT2D eigenvalue weighted by atomic mass is 10.1. The highest BCUT2D eigenvalue weighted by Gasteiger charge is 2.24. The molecule has 120 valence electrons. The number of hydrogen-bond donors (Lipinski definition) is 1. The molecule has 1 fully saturated rings. The van der Waals surface area contributed by atoms with E-state index in [0.29, 0.717) is 41.6 Å². The number of hydrogen-bond acceptors (Lipinski definition) is 6. The van der Waals surface area contributed by atoms with Crippen LogP contribution in [0.1, 0.15) is 12.0 Å². The van der Waals surface area contributed by atoms with E-state index in [4.69, 9.17) is 4.74 Å². The van der Waals surface area contributed by atoms with Crippen molar-refractivity contribution in [2.45, 2.75) is 13.3 Å². The Hall–Kier alpha value is -2.32. The number of aromatic nitrogens is 1. The molecule has 2 heterocycles. The second kappa shape index (κ2) is 6.43. The highest BCUT2D eigenvalue weighted by molar-refractivity contribution is 7.14. The number of nitrogens with one attached hydrogen (secondary N) is 1. The molecule has 1 atom stereocenters. The second-order valence-corrected chi connectivity index (χ2v) is 6.20. The first-order chi connectivity index (χ1) is 11.0. The van der Waals surface area contributed by atoms with E-state index < -0.39 is 4.92 Å². The molecular formula is C15H15N3O4S. The van der Waals surface area contributed by atoms with Gasteiger partial charge < -0.3 is 10.1 Å². The van der Waals surface area contributed by atoms with Gasteiger partial charge in [0.05, 0.1) is 23.1 Å². The fraction of sp³-hybridized carbons (Fsp3) is 0.333. The molecule has 23 heavy (non-hydrogen) atoms. The van der Waals surface area contributed by atoms with Gasteiger partial charge in [-0.1, -0.05) is 12.1 Å². The van der Waals surface area contributed by atoms with Crippen LogP contribution in [-0.2, 0) is 9.53 Å². The maximum absolute atomic E-state index is 12.0. The van der Waals surface area contributed by atoms with E-state index in [1.165, 1.54) is 17.4 Å². The van der Waals surface area contributed by atoms with Gasteiger partial charge in [0.25, 0.3) is 5.69 Å². The summed E-state index contributed by atoms with van der Waals surface area (Å²) < 4.78 is 5.20. The summed E-state index contributed by atoms with van der Waals surface area (Å²) in [6.45, 7) is 2.74. The largest absolute Gasteiger partial charge is 0.381 e. The number of ether oxygens (including phenoxy) is 1. The van der Waals surface area contributed by atoms with Crippen molar-refractivity contribution in [1.82, 2.24) is 4.98 Å². The normalized spacial score (nSPS) is 17.2. The molecule has 1 aromatic heterocycles. The number of nitro groups is 1. The number of rotatable bonds is 4. The first-order valence-corrected chi connectivity index (χ1v) is 8.02. The van der Waals surface area contributed by atoms with Crippen LogP contribution in [0.3, 0.4) is 0 Å². The number of anilines is 1. The van der Waals surface area contributed by atoms with Crippen LogP contribution >= 0.6 is 11.3 Å². The number of amides is 1. The summed E-state index contributed by atoms with van der Waals surface area (Å²) >= 11 is 1.30. The van der Waals surface area contributed by atoms with Crippen LogP contribution in [0, 0.1) is 23.0 Å². The van der Waals surface area contributed by atoms with E-state index in [2.05, 4.69) is 10.3 Å². The van der Waals surface area contributed by atoms with Crippen molar-refractivity contribution >= 4 is 28.1 Å². The second-order valence-electron chi connectivity index (χ2n) is 5.35. The lowest BCUT2D eigenvalue weighted by Crippen LogP contribution is -2.22. The standard InChI is InChI=1S/C15H15N3O4S/c1-9-2-3-10(6-13(9)18(20)21)12-8-23-15(16-12)17-14(19)11-4-5-22-7-11/h2-3,6,8,11H,4-5,7H2,1H3,(H,16,17,19). The molecule has 1 amide bonds. The van der Waals surface area contributed by atoms with Crippen LogP contribution < -0.4 is 5.32 Å². The minimum atomic E-state index is -0.409. The number of nitrogens with zero attached hydrogens (tertiary/aromatic N) is 2. The number of carbonyl (C=O) groups excluding carboxylic acids is 1. The smallest absolute Gasteiger partial charge is 0.272 e. The monoisotopic (exact) mass is 333 g/mol. The van der Waals surface area contributed by atoms with E-state index >= 15 is 0 Å². The highest BCUT2D eigenvalue weighted by Crippen LogP contribution is 2.29. The van der Waals surface area contributed by atoms with Crippen molar-refractivity contribution < 1.29 is 14.5 Å². The predicted octanol–water partition coefficient (Wildman–Crippen LogP) is 3.00. The molecule has 1 unspecified atom stereocenters. The van der Waals surface area contributed by atoms with Gasteiger partial charge in [-0.25, -0.2) is 4.98 Å². The Bertz CT molecular complexity index is 753. The predicted molar refractivity (Wildman–Crippen MR) is 86.5 cm³/mol. The maximum atomic E-state index is 12.0. The van der Waals surface area contributed by atoms with Gasteiger partial charge in [-0.15, -0.1) is 11.3 Å². The van der Waals surface area contributed by atoms with Crippen molar-refractivity contribution in [3.63, 3.8) is 0 Å². The zero-order valence-corrected chi connectivity index (χ0v) is 13.3. The summed E-state index contributed by atoms with van der Waals surface area (Å²) in [4.78, 5) is 27.0. The van der Waals surface area contributed by atoms with Gasteiger partial charge in [0.15, 0.2) is 5.13 Å². The zero-order valence-electron chi connectivity index (χ0n) is 12.4. The lowest BCUT2D eigenvalue weighted by Gasteiger charge is -2.06. The molecule has 0 radical (unpaired) electrons. The fourth-order valence-corrected chi connectivity index (χ4v) is 3.10. The van der Waals surface area contributed by atoms with Crippen LogP contribution in [0.5, 0.6) is 0 Å². The molecule has 0 aliphatic carbocycles. The Morgan fingerprint density at radius 1 is 1.52 bits per heavy atom. The van der Waals surface area contributed by atoms with Gasteiger partial charge in [-0.3, -0.25) is 14.9 Å². The minimum absolute atomic E-state index is 0.0594. The lowest BCUT2D eigenvalue weighted by molar-refractivity contribution is -0.385. The molecule has 8 heteroatoms. The first kappa shape index (κ1) is 15.6. The van der Waals surface area contributed by atoms with E-state index in [9.17, 15) is 14.9 Å². The highest BCUT2D eigenvalue weighted by atomic mass is 32.1. The Morgan fingerprint density at radius 2 is 2.35 bits per heavy atom. The number of nitro benzene ring substituents is 1. The summed E-state index contributed by atoms with van der Waals surface area (Å²) in [5.41, 5.74) is 1.92. The molecular weight excluding hydrogens is 318 g/mol. The molecule has 1 saturated heterocycles. The van der Waals surface area contributed by atoms with E-state index in [0.717, 1.165) is 0 Å². The van der Waals surface area contributed by atoms with Crippen molar-refractivity contribution in [2.75, 3.05) is 18.5 Å². The van der Waals surface area contributed by atoms with Crippen LogP contribution in [-0.4, -0.2) is 29.0 Å². The fourth-order valence-electron chi connectivity index (χ4n) is 2.38. The van der Waals surface area contributed by atoms with Gasteiger partial charge in [-0.05, 0) is 13.3 Å². The first-order valence-electron chi connectivity index (χ1n) is 7.14. The van der Waals surface area contributed by atoms with Crippen molar-refractivity contribution in [2.24, 2.45) is 5.92 Å². The van der Waals surface area contributed by atoms with Crippen molar-refractivity contribution in [3.05, 3.63) is 39.3 Å². The molecule has 0 saturated carbocycles. The Morgan fingerprint density at radius 3 is 3.04 bits per heavy atom. The van der Waals surface area contributed by atoms with Gasteiger partial charge in [0.1, 0.15) is 0 Å². The van der Waals surface area contributed by atoms with Crippen molar-refractivity contribution in [3.8, 4) is 11.3 Å². The maximum Gasteiger partial charge on any atom is 0.272 e. The quantitative estimate of drug-likeness (QED) is 0.685. The van der Waals surface area contributed by atoms with E-state index in [1.54, 1.807) is 24.4 Å². The van der Waals surface area contributed by atoms with Gasteiger partial charge in [-0.2, -0.15) is 0 Å². The molecule has 1 aliphatic heterocycles. The third-order valence-electron chi connectivity index (χ3n) is 3.74.